The summed E-state index contributed by atoms with van der Waals surface area (Å²) in [5, 5.41) is 10.0. The molecular formula is C16H18F2N4O. The van der Waals surface area contributed by atoms with E-state index in [2.05, 4.69) is 15.7 Å². The molecule has 1 atom stereocenters. The SMILES string of the molecule is CNCC(=O)NC1CCCc2c1cnn2-c1ccc(F)cc1F. The number of aromatic nitrogens is 2. The van der Waals surface area contributed by atoms with E-state index in [-0.39, 0.29) is 24.2 Å². The summed E-state index contributed by atoms with van der Waals surface area (Å²) in [5.41, 5.74) is 1.97. The van der Waals surface area contributed by atoms with Crippen molar-refractivity contribution in [2.45, 2.75) is 25.3 Å². The molecule has 23 heavy (non-hydrogen) atoms. The molecule has 1 aromatic heterocycles. The van der Waals surface area contributed by atoms with Crippen molar-refractivity contribution in [3.8, 4) is 5.69 Å². The van der Waals surface area contributed by atoms with Gasteiger partial charge < -0.3 is 10.6 Å². The van der Waals surface area contributed by atoms with Crippen LogP contribution in [0.15, 0.2) is 24.4 Å². The molecule has 7 heteroatoms. The number of likely N-dealkylation sites (N-methyl/N-ethyl adjacent to an activating group) is 1. The van der Waals surface area contributed by atoms with E-state index >= 15 is 0 Å². The number of fused-ring (bicyclic) bond motifs is 1. The molecule has 1 unspecified atom stereocenters. The first-order valence-corrected chi connectivity index (χ1v) is 7.56. The maximum absolute atomic E-state index is 14.0. The summed E-state index contributed by atoms with van der Waals surface area (Å²) in [6.07, 6.45) is 4.08. The summed E-state index contributed by atoms with van der Waals surface area (Å²) in [7, 11) is 1.71. The fourth-order valence-electron chi connectivity index (χ4n) is 2.97. The zero-order valence-electron chi connectivity index (χ0n) is 12.8. The average molecular weight is 320 g/mol. The third kappa shape index (κ3) is 3.10. The van der Waals surface area contributed by atoms with Crippen molar-refractivity contribution >= 4 is 5.91 Å². The Hall–Kier alpha value is -2.28. The van der Waals surface area contributed by atoms with Gasteiger partial charge >= 0.3 is 0 Å². The summed E-state index contributed by atoms with van der Waals surface area (Å²) in [6.45, 7) is 0.243. The van der Waals surface area contributed by atoms with Gasteiger partial charge in [0.1, 0.15) is 11.5 Å². The zero-order chi connectivity index (χ0) is 16.4. The molecule has 2 N–H and O–H groups in total. The summed E-state index contributed by atoms with van der Waals surface area (Å²) in [4.78, 5) is 11.8. The molecule has 1 aliphatic carbocycles. The van der Waals surface area contributed by atoms with Crippen LogP contribution in [-0.2, 0) is 11.2 Å². The van der Waals surface area contributed by atoms with Gasteiger partial charge in [0.15, 0.2) is 5.82 Å². The molecule has 0 aliphatic heterocycles. The molecule has 1 aromatic carbocycles. The van der Waals surface area contributed by atoms with E-state index in [4.69, 9.17) is 0 Å². The molecule has 122 valence electrons. The van der Waals surface area contributed by atoms with Crippen molar-refractivity contribution in [1.82, 2.24) is 20.4 Å². The van der Waals surface area contributed by atoms with E-state index in [1.165, 1.54) is 16.8 Å². The second-order valence-corrected chi connectivity index (χ2v) is 5.60. The Balaban J connectivity index is 1.92. The van der Waals surface area contributed by atoms with Crippen LogP contribution in [0.2, 0.25) is 0 Å². The number of halogens is 2. The number of hydrogen-bond donors (Lipinski definition) is 2. The van der Waals surface area contributed by atoms with E-state index in [0.717, 1.165) is 36.6 Å². The molecule has 0 saturated carbocycles. The van der Waals surface area contributed by atoms with Gasteiger partial charge in [-0.2, -0.15) is 5.10 Å². The lowest BCUT2D eigenvalue weighted by Crippen LogP contribution is -2.36. The Morgan fingerprint density at radius 3 is 3.00 bits per heavy atom. The van der Waals surface area contributed by atoms with Crippen molar-refractivity contribution in [2.24, 2.45) is 0 Å². The van der Waals surface area contributed by atoms with Crippen molar-refractivity contribution < 1.29 is 13.6 Å². The molecule has 0 spiro atoms. The van der Waals surface area contributed by atoms with Crippen LogP contribution in [0.4, 0.5) is 8.78 Å². The average Bonchev–Trinajstić information content (AvgIpc) is 2.92. The Bertz CT molecular complexity index is 729. The van der Waals surface area contributed by atoms with Gasteiger partial charge in [0.25, 0.3) is 0 Å². The zero-order valence-corrected chi connectivity index (χ0v) is 12.8. The van der Waals surface area contributed by atoms with E-state index < -0.39 is 11.6 Å². The molecule has 1 aliphatic rings. The number of benzene rings is 1. The van der Waals surface area contributed by atoms with Crippen molar-refractivity contribution in [3.63, 3.8) is 0 Å². The summed E-state index contributed by atoms with van der Waals surface area (Å²) >= 11 is 0. The second kappa shape index (κ2) is 6.45. The van der Waals surface area contributed by atoms with Crippen LogP contribution in [0.25, 0.3) is 5.69 Å². The Labute approximate surface area is 132 Å². The molecule has 0 saturated heterocycles. The first-order valence-electron chi connectivity index (χ1n) is 7.56. The largest absolute Gasteiger partial charge is 0.348 e. The van der Waals surface area contributed by atoms with E-state index in [9.17, 15) is 13.6 Å². The first kappa shape index (κ1) is 15.6. The van der Waals surface area contributed by atoms with Crippen LogP contribution in [0.1, 0.15) is 30.1 Å². The number of nitrogens with zero attached hydrogens (tertiary/aromatic N) is 2. The molecule has 2 aromatic rings. The third-order valence-electron chi connectivity index (χ3n) is 3.99. The highest BCUT2D eigenvalue weighted by Crippen LogP contribution is 2.31. The summed E-state index contributed by atoms with van der Waals surface area (Å²) in [6, 6.07) is 3.30. The molecule has 0 fully saturated rings. The van der Waals surface area contributed by atoms with Crippen LogP contribution in [0, 0.1) is 11.6 Å². The maximum Gasteiger partial charge on any atom is 0.234 e. The molecular weight excluding hydrogens is 302 g/mol. The van der Waals surface area contributed by atoms with E-state index in [1.54, 1.807) is 13.2 Å². The Morgan fingerprint density at radius 2 is 2.26 bits per heavy atom. The number of carbonyl (C=O) groups is 1. The number of amides is 1. The fourth-order valence-corrected chi connectivity index (χ4v) is 2.97. The highest BCUT2D eigenvalue weighted by atomic mass is 19.1. The number of nitrogens with one attached hydrogen (secondary N) is 2. The minimum atomic E-state index is -0.655. The monoisotopic (exact) mass is 320 g/mol. The van der Waals surface area contributed by atoms with E-state index in [1.807, 2.05) is 0 Å². The van der Waals surface area contributed by atoms with Crippen LogP contribution in [0.3, 0.4) is 0 Å². The lowest BCUT2D eigenvalue weighted by atomic mass is 9.93. The molecule has 5 nitrogen and oxygen atoms in total. The maximum atomic E-state index is 14.0. The third-order valence-corrected chi connectivity index (χ3v) is 3.99. The quantitative estimate of drug-likeness (QED) is 0.904. The number of carbonyl (C=O) groups excluding carboxylic acids is 1. The lowest BCUT2D eigenvalue weighted by molar-refractivity contribution is -0.121. The standard InChI is InChI=1S/C16H18F2N4O/c1-19-9-16(23)21-13-3-2-4-14-11(13)8-20-22(14)15-6-5-10(17)7-12(15)18/h5-8,13,19H,2-4,9H2,1H3,(H,21,23). The predicted molar refractivity (Wildman–Crippen MR) is 81.2 cm³/mol. The van der Waals surface area contributed by atoms with Crippen molar-refractivity contribution in [2.75, 3.05) is 13.6 Å². The molecule has 0 radical (unpaired) electrons. The van der Waals surface area contributed by atoms with Crippen LogP contribution in [0.5, 0.6) is 0 Å². The number of rotatable bonds is 4. The first-order chi connectivity index (χ1) is 11.1. The van der Waals surface area contributed by atoms with Crippen molar-refractivity contribution in [3.05, 3.63) is 47.3 Å². The van der Waals surface area contributed by atoms with Gasteiger partial charge in [0.2, 0.25) is 5.91 Å². The topological polar surface area (TPSA) is 59.0 Å². The smallest absolute Gasteiger partial charge is 0.234 e. The van der Waals surface area contributed by atoms with Gasteiger partial charge in [-0.25, -0.2) is 13.5 Å². The molecule has 1 amide bonds. The number of hydrogen-bond acceptors (Lipinski definition) is 3. The summed E-state index contributed by atoms with van der Waals surface area (Å²) in [5.74, 6) is -1.37. The van der Waals surface area contributed by atoms with Crippen LogP contribution < -0.4 is 10.6 Å². The fraction of sp³-hybridized carbons (Fsp3) is 0.375. The Morgan fingerprint density at radius 1 is 1.43 bits per heavy atom. The highest BCUT2D eigenvalue weighted by Gasteiger charge is 2.26. The van der Waals surface area contributed by atoms with Gasteiger partial charge in [0, 0.05) is 17.3 Å². The minimum Gasteiger partial charge on any atom is -0.348 e. The normalized spacial score (nSPS) is 16.9. The highest BCUT2D eigenvalue weighted by molar-refractivity contribution is 5.78. The van der Waals surface area contributed by atoms with Crippen LogP contribution in [-0.4, -0.2) is 29.3 Å². The summed E-state index contributed by atoms with van der Waals surface area (Å²) < 4.78 is 28.6. The van der Waals surface area contributed by atoms with Gasteiger partial charge in [0.05, 0.1) is 18.8 Å². The molecule has 0 bridgehead atoms. The van der Waals surface area contributed by atoms with Gasteiger partial charge in [-0.05, 0) is 38.4 Å². The molecule has 1 heterocycles. The van der Waals surface area contributed by atoms with Gasteiger partial charge in [-0.15, -0.1) is 0 Å². The van der Waals surface area contributed by atoms with Crippen molar-refractivity contribution in [1.29, 1.82) is 0 Å². The lowest BCUT2D eigenvalue weighted by Gasteiger charge is -2.24. The van der Waals surface area contributed by atoms with Gasteiger partial charge in [-0.1, -0.05) is 0 Å². The minimum absolute atomic E-state index is 0.0916. The predicted octanol–water partition coefficient (Wildman–Crippen LogP) is 1.86. The molecule has 3 rings (SSSR count). The van der Waals surface area contributed by atoms with E-state index in [0.29, 0.717) is 0 Å². The van der Waals surface area contributed by atoms with Gasteiger partial charge in [-0.3, -0.25) is 4.79 Å². The second-order valence-electron chi connectivity index (χ2n) is 5.60. The van der Waals surface area contributed by atoms with Crippen LogP contribution >= 0.6 is 0 Å². The Kier molecular flexibility index (Phi) is 4.38.